The van der Waals surface area contributed by atoms with Gasteiger partial charge < -0.3 is 31.1 Å². The molecule has 4 rings (SSSR count). The van der Waals surface area contributed by atoms with Crippen LogP contribution in [-0.2, 0) is 9.59 Å². The lowest BCUT2D eigenvalue weighted by Gasteiger charge is -2.04. The number of phenols is 2. The number of carbonyl (C=O) groups is 4. The van der Waals surface area contributed by atoms with Crippen molar-refractivity contribution in [3.8, 4) is 11.5 Å². The Hall–Kier alpha value is -6.70. The summed E-state index contributed by atoms with van der Waals surface area (Å²) in [5.41, 5.74) is 1.54. The number of carboxylic acids is 2. The first kappa shape index (κ1) is 30.3. The number of azo groups is 2. The lowest BCUT2D eigenvalue weighted by molar-refractivity contribution is -0.114. The fourth-order valence-electron chi connectivity index (χ4n) is 3.49. The van der Waals surface area contributed by atoms with E-state index >= 15 is 0 Å². The maximum absolute atomic E-state index is 12.2. The van der Waals surface area contributed by atoms with Gasteiger partial charge >= 0.3 is 11.9 Å². The van der Waals surface area contributed by atoms with E-state index in [9.17, 15) is 29.4 Å². The predicted octanol–water partition coefficient (Wildman–Crippen LogP) is 6.46. The molecular weight excluding hydrogens is 572 g/mol. The lowest BCUT2D eigenvalue weighted by Crippen LogP contribution is -2.11. The molecule has 0 bridgehead atoms. The maximum Gasteiger partial charge on any atom is 0.339 e. The minimum atomic E-state index is -1.30. The first-order valence-electron chi connectivity index (χ1n) is 12.5. The first-order valence-corrected chi connectivity index (χ1v) is 12.5. The Balaban J connectivity index is 1.27. The van der Waals surface area contributed by atoms with E-state index in [2.05, 4.69) is 31.1 Å². The number of rotatable bonds is 10. The summed E-state index contributed by atoms with van der Waals surface area (Å²) in [6.07, 6.45) is 2.11. The Morgan fingerprint density at radius 2 is 0.818 bits per heavy atom. The van der Waals surface area contributed by atoms with E-state index in [1.807, 2.05) is 0 Å². The molecule has 0 unspecified atom stereocenters. The van der Waals surface area contributed by atoms with Gasteiger partial charge in [0.2, 0.25) is 11.8 Å². The van der Waals surface area contributed by atoms with Gasteiger partial charge in [-0.25, -0.2) is 9.59 Å². The van der Waals surface area contributed by atoms with E-state index in [1.54, 1.807) is 48.5 Å². The third-order valence-electron chi connectivity index (χ3n) is 5.64. The van der Waals surface area contributed by atoms with Crippen LogP contribution < -0.4 is 10.6 Å². The van der Waals surface area contributed by atoms with Crippen LogP contribution in [0.15, 0.2) is 118 Å². The van der Waals surface area contributed by atoms with Crippen molar-refractivity contribution in [2.45, 2.75) is 0 Å². The van der Waals surface area contributed by atoms with Crippen LogP contribution in [0.5, 0.6) is 11.5 Å². The summed E-state index contributed by atoms with van der Waals surface area (Å²) in [7, 11) is 0. The fraction of sp³-hybridized carbons (Fsp3) is 0. The van der Waals surface area contributed by atoms with Crippen LogP contribution in [0.2, 0.25) is 0 Å². The summed E-state index contributed by atoms with van der Waals surface area (Å²) in [5.74, 6) is -4.48. The van der Waals surface area contributed by atoms with Crippen molar-refractivity contribution in [1.82, 2.24) is 0 Å². The van der Waals surface area contributed by atoms with Crippen LogP contribution >= 0.6 is 0 Å². The molecule has 2 amide bonds. The molecule has 220 valence electrons. The Bertz CT molecular complexity index is 1680. The third-order valence-corrected chi connectivity index (χ3v) is 5.64. The quantitative estimate of drug-likeness (QED) is 0.0880. The number of anilines is 2. The van der Waals surface area contributed by atoms with Gasteiger partial charge in [0.15, 0.2) is 0 Å². The summed E-state index contributed by atoms with van der Waals surface area (Å²) in [6.45, 7) is 0. The molecule has 0 saturated heterocycles. The average Bonchev–Trinajstić information content (AvgIpc) is 3.00. The summed E-state index contributed by atoms with van der Waals surface area (Å²) in [6, 6.07) is 20.1. The highest BCUT2D eigenvalue weighted by Crippen LogP contribution is 2.27. The Kier molecular flexibility index (Phi) is 9.48. The van der Waals surface area contributed by atoms with E-state index < -0.39 is 23.8 Å². The first-order chi connectivity index (χ1) is 21.1. The van der Waals surface area contributed by atoms with E-state index in [0.29, 0.717) is 22.7 Å². The molecule has 4 aromatic carbocycles. The zero-order valence-corrected chi connectivity index (χ0v) is 22.4. The van der Waals surface area contributed by atoms with Gasteiger partial charge in [-0.2, -0.15) is 20.5 Å². The van der Waals surface area contributed by atoms with E-state index in [0.717, 1.165) is 12.2 Å². The second-order valence-electron chi connectivity index (χ2n) is 8.82. The van der Waals surface area contributed by atoms with Crippen LogP contribution in [0.3, 0.4) is 0 Å². The summed E-state index contributed by atoms with van der Waals surface area (Å²) >= 11 is 0. The number of amides is 2. The van der Waals surface area contributed by atoms with Crippen LogP contribution in [0, 0.1) is 0 Å². The SMILES string of the molecule is O=C(C=CC(=O)Nc1ccc(N=Nc2ccc(O)c(C(=O)O)c2)cc1)Nc1ccc(N=Nc2ccc(O)c(C(=O)O)c2)cc1. The van der Waals surface area contributed by atoms with Crippen molar-refractivity contribution in [2.75, 3.05) is 10.6 Å². The molecule has 0 aromatic heterocycles. The van der Waals surface area contributed by atoms with E-state index in [-0.39, 0.29) is 34.0 Å². The molecule has 14 nitrogen and oxygen atoms in total. The highest BCUT2D eigenvalue weighted by molar-refractivity contribution is 6.07. The number of aromatic carboxylic acids is 2. The molecule has 0 aliphatic rings. The predicted molar refractivity (Wildman–Crippen MR) is 158 cm³/mol. The molecule has 6 N–H and O–H groups in total. The smallest absolute Gasteiger partial charge is 0.339 e. The van der Waals surface area contributed by atoms with Crippen molar-refractivity contribution in [3.05, 3.63) is 108 Å². The minimum absolute atomic E-state index is 0.227. The number of hydrogen-bond acceptors (Lipinski definition) is 10. The molecule has 0 radical (unpaired) electrons. The number of benzene rings is 4. The second-order valence-corrected chi connectivity index (χ2v) is 8.82. The van der Waals surface area contributed by atoms with Crippen molar-refractivity contribution in [1.29, 1.82) is 0 Å². The van der Waals surface area contributed by atoms with Gasteiger partial charge in [0, 0.05) is 23.5 Å². The number of aromatic hydroxyl groups is 2. The van der Waals surface area contributed by atoms with Crippen molar-refractivity contribution in [2.24, 2.45) is 20.5 Å². The van der Waals surface area contributed by atoms with Gasteiger partial charge in [-0.05, 0) is 84.9 Å². The topological polar surface area (TPSA) is 223 Å². The molecule has 0 saturated carbocycles. The average molecular weight is 595 g/mol. The minimum Gasteiger partial charge on any atom is -0.507 e. The lowest BCUT2D eigenvalue weighted by atomic mass is 10.2. The zero-order chi connectivity index (χ0) is 31.6. The van der Waals surface area contributed by atoms with Gasteiger partial charge in [-0.15, -0.1) is 0 Å². The number of hydrogen-bond donors (Lipinski definition) is 6. The van der Waals surface area contributed by atoms with Gasteiger partial charge in [0.25, 0.3) is 0 Å². The highest BCUT2D eigenvalue weighted by Gasteiger charge is 2.11. The summed E-state index contributed by atoms with van der Waals surface area (Å²) < 4.78 is 0. The van der Waals surface area contributed by atoms with Gasteiger partial charge in [-0.3, -0.25) is 9.59 Å². The number of carboxylic acid groups (broad SMARTS) is 2. The number of carbonyl (C=O) groups excluding carboxylic acids is 2. The zero-order valence-electron chi connectivity index (χ0n) is 22.4. The van der Waals surface area contributed by atoms with Crippen molar-refractivity contribution < 1.29 is 39.6 Å². The molecule has 0 aliphatic carbocycles. The number of nitrogens with zero attached hydrogens (tertiary/aromatic N) is 4. The molecule has 0 heterocycles. The van der Waals surface area contributed by atoms with Crippen molar-refractivity contribution >= 4 is 57.9 Å². The molecule has 0 aliphatic heterocycles. The van der Waals surface area contributed by atoms with Gasteiger partial charge in [-0.1, -0.05) is 0 Å². The van der Waals surface area contributed by atoms with E-state index in [4.69, 9.17) is 10.2 Å². The Morgan fingerprint density at radius 1 is 0.500 bits per heavy atom. The number of nitrogens with one attached hydrogen (secondary N) is 2. The second kappa shape index (κ2) is 13.8. The fourth-order valence-corrected chi connectivity index (χ4v) is 3.49. The monoisotopic (exact) mass is 594 g/mol. The Labute approximate surface area is 248 Å². The van der Waals surface area contributed by atoms with Gasteiger partial charge in [0.05, 0.1) is 22.7 Å². The summed E-state index contributed by atoms with van der Waals surface area (Å²) in [4.78, 5) is 46.7. The third kappa shape index (κ3) is 8.40. The molecule has 4 aromatic rings. The van der Waals surface area contributed by atoms with Crippen molar-refractivity contribution in [3.63, 3.8) is 0 Å². The van der Waals surface area contributed by atoms with Gasteiger partial charge in [0.1, 0.15) is 22.6 Å². The van der Waals surface area contributed by atoms with Crippen LogP contribution in [0.25, 0.3) is 0 Å². The standard InChI is InChI=1S/C30H22N6O8/c37-25-11-9-21(15-23(25)29(41)42)35-33-19-5-1-17(2-6-19)31-27(39)13-14-28(40)32-18-3-7-20(8-4-18)34-36-22-10-12-26(38)24(16-22)30(43)44/h1-16,37-38H,(H,31,39)(H,32,40)(H,41,42)(H,43,44). The maximum atomic E-state index is 12.2. The molecule has 0 atom stereocenters. The van der Waals surface area contributed by atoms with Crippen LogP contribution in [-0.4, -0.2) is 44.2 Å². The Morgan fingerprint density at radius 3 is 1.16 bits per heavy atom. The van der Waals surface area contributed by atoms with E-state index in [1.165, 1.54) is 36.4 Å². The largest absolute Gasteiger partial charge is 0.507 e. The molecule has 0 spiro atoms. The highest BCUT2D eigenvalue weighted by atomic mass is 16.4. The molecule has 14 heteroatoms. The van der Waals surface area contributed by atoms with Crippen LogP contribution in [0.4, 0.5) is 34.1 Å². The normalized spacial score (nSPS) is 11.2. The molecule has 0 fully saturated rings. The summed E-state index contributed by atoms with van der Waals surface area (Å²) in [5, 5.41) is 58.4. The van der Waals surface area contributed by atoms with Crippen LogP contribution in [0.1, 0.15) is 20.7 Å². The molecule has 44 heavy (non-hydrogen) atoms. The molecular formula is C30H22N6O8.